The molecule has 164 valence electrons. The van der Waals surface area contributed by atoms with Gasteiger partial charge in [0.2, 0.25) is 11.7 Å². The van der Waals surface area contributed by atoms with Crippen molar-refractivity contribution in [3.8, 4) is 11.6 Å². The van der Waals surface area contributed by atoms with Gasteiger partial charge in [0.25, 0.3) is 0 Å². The number of aromatic nitrogens is 4. The molecule has 0 unspecified atom stereocenters. The van der Waals surface area contributed by atoms with Gasteiger partial charge in [-0.1, -0.05) is 52.5 Å². The van der Waals surface area contributed by atoms with Gasteiger partial charge in [-0.3, -0.25) is 4.79 Å². The highest BCUT2D eigenvalue weighted by Gasteiger charge is 2.26. The number of fused-ring (bicyclic) bond motifs is 1. The minimum absolute atomic E-state index is 0.0654. The Labute approximate surface area is 203 Å². The molecule has 5 aromatic rings. The Morgan fingerprint density at radius 1 is 1.06 bits per heavy atom. The summed E-state index contributed by atoms with van der Waals surface area (Å²) < 4.78 is 7.57. The van der Waals surface area contributed by atoms with Crippen molar-refractivity contribution in [2.45, 2.75) is 13.5 Å². The Morgan fingerprint density at radius 3 is 2.67 bits per heavy atom. The van der Waals surface area contributed by atoms with Crippen molar-refractivity contribution in [1.82, 2.24) is 19.5 Å². The summed E-state index contributed by atoms with van der Waals surface area (Å²) in [7, 11) is 0. The van der Waals surface area contributed by atoms with Crippen LogP contribution in [0.4, 0.5) is 0 Å². The molecule has 6 nitrogen and oxygen atoms in total. The fraction of sp³-hybridized carbons (Fsp3) is 0.0833. The first kappa shape index (κ1) is 21.6. The highest BCUT2D eigenvalue weighted by molar-refractivity contribution is 6.37. The van der Waals surface area contributed by atoms with Gasteiger partial charge in [-0.05, 0) is 42.8 Å². The number of nitrogens with zero attached hydrogens (tertiary/aromatic N) is 4. The zero-order valence-electron chi connectivity index (χ0n) is 17.2. The molecular formula is C24H15Cl3N4O2. The van der Waals surface area contributed by atoms with Gasteiger partial charge in [0.1, 0.15) is 17.2 Å². The fourth-order valence-electron chi connectivity index (χ4n) is 3.67. The van der Waals surface area contributed by atoms with Gasteiger partial charge in [0.05, 0.1) is 23.8 Å². The Morgan fingerprint density at radius 2 is 1.91 bits per heavy atom. The number of carbonyl (C=O) groups excluding carboxylic acids is 1. The lowest BCUT2D eigenvalue weighted by Crippen LogP contribution is -2.03. The van der Waals surface area contributed by atoms with Crippen molar-refractivity contribution >= 4 is 51.5 Å². The SMILES string of the molecule is Cc1ccc2c(c1)c(C(=O)c1cnc(-c3ccncn3)o1)c(Cl)n2Cc1ccc(Cl)cc1Cl. The molecule has 0 aliphatic heterocycles. The third-order valence-corrected chi connectivity index (χ3v) is 6.24. The number of hydrogen-bond donors (Lipinski definition) is 0. The summed E-state index contributed by atoms with van der Waals surface area (Å²) in [4.78, 5) is 25.7. The third kappa shape index (κ3) is 4.02. The molecule has 5 rings (SSSR count). The monoisotopic (exact) mass is 496 g/mol. The highest BCUT2D eigenvalue weighted by atomic mass is 35.5. The minimum Gasteiger partial charge on any atom is -0.431 e. The van der Waals surface area contributed by atoms with Crippen LogP contribution in [0.2, 0.25) is 15.2 Å². The predicted molar refractivity (Wildman–Crippen MR) is 128 cm³/mol. The number of carbonyl (C=O) groups is 1. The predicted octanol–water partition coefficient (Wildman–Crippen LogP) is 6.63. The van der Waals surface area contributed by atoms with Gasteiger partial charge < -0.3 is 8.98 Å². The Bertz CT molecular complexity index is 1510. The van der Waals surface area contributed by atoms with Crippen molar-refractivity contribution < 1.29 is 9.21 Å². The van der Waals surface area contributed by atoms with E-state index in [9.17, 15) is 4.79 Å². The molecule has 0 saturated heterocycles. The first-order chi connectivity index (χ1) is 15.9. The maximum atomic E-state index is 13.5. The summed E-state index contributed by atoms with van der Waals surface area (Å²) in [5.74, 6) is -0.0790. The maximum absolute atomic E-state index is 13.5. The summed E-state index contributed by atoms with van der Waals surface area (Å²) in [6.45, 7) is 2.32. The summed E-state index contributed by atoms with van der Waals surface area (Å²) >= 11 is 19.2. The van der Waals surface area contributed by atoms with E-state index in [0.29, 0.717) is 27.8 Å². The lowest BCUT2D eigenvalue weighted by molar-refractivity contribution is 0.101. The van der Waals surface area contributed by atoms with E-state index in [1.54, 1.807) is 24.4 Å². The van der Waals surface area contributed by atoms with Crippen LogP contribution in [0.1, 0.15) is 27.2 Å². The molecule has 9 heteroatoms. The molecule has 0 spiro atoms. The fourth-order valence-corrected chi connectivity index (χ4v) is 4.47. The standard InChI is InChI=1S/C24H15Cl3N4O2/c1-13-2-5-19-16(8-13)21(23(27)31(19)11-14-3-4-15(25)9-17(14)26)22(32)20-10-29-24(33-20)18-6-7-28-12-30-18/h2-10,12H,11H2,1H3. The van der Waals surface area contributed by atoms with Gasteiger partial charge in [0.15, 0.2) is 5.76 Å². The largest absolute Gasteiger partial charge is 0.431 e. The quantitative estimate of drug-likeness (QED) is 0.255. The molecular weight excluding hydrogens is 483 g/mol. The molecule has 0 radical (unpaired) electrons. The molecule has 0 N–H and O–H groups in total. The first-order valence-electron chi connectivity index (χ1n) is 9.91. The zero-order valence-corrected chi connectivity index (χ0v) is 19.5. The number of hydrogen-bond acceptors (Lipinski definition) is 5. The number of aryl methyl sites for hydroxylation is 1. The summed E-state index contributed by atoms with van der Waals surface area (Å²) in [5.41, 5.74) is 3.44. The average Bonchev–Trinajstić information content (AvgIpc) is 3.39. The molecule has 0 aliphatic carbocycles. The Balaban J connectivity index is 1.61. The second kappa shape index (κ2) is 8.63. The molecule has 0 bridgehead atoms. The second-order valence-corrected chi connectivity index (χ2v) is 8.66. The van der Waals surface area contributed by atoms with Crippen LogP contribution in [-0.4, -0.2) is 25.3 Å². The lowest BCUT2D eigenvalue weighted by atomic mass is 10.1. The molecule has 3 aromatic heterocycles. The average molecular weight is 498 g/mol. The molecule has 33 heavy (non-hydrogen) atoms. The van der Waals surface area contributed by atoms with E-state index in [1.807, 2.05) is 35.8 Å². The van der Waals surface area contributed by atoms with Crippen LogP contribution in [0.3, 0.4) is 0 Å². The smallest absolute Gasteiger partial charge is 0.245 e. The van der Waals surface area contributed by atoms with Crippen LogP contribution >= 0.6 is 34.8 Å². The Hall–Kier alpha value is -3.19. The lowest BCUT2D eigenvalue weighted by Gasteiger charge is -2.10. The maximum Gasteiger partial charge on any atom is 0.245 e. The molecule has 2 aromatic carbocycles. The van der Waals surface area contributed by atoms with E-state index < -0.39 is 0 Å². The number of ketones is 1. The van der Waals surface area contributed by atoms with Gasteiger partial charge in [-0.2, -0.15) is 0 Å². The molecule has 0 atom stereocenters. The second-order valence-electron chi connectivity index (χ2n) is 7.46. The normalized spacial score (nSPS) is 11.3. The van der Waals surface area contributed by atoms with Crippen LogP contribution in [0.15, 0.2) is 65.6 Å². The van der Waals surface area contributed by atoms with Crippen LogP contribution in [0.25, 0.3) is 22.5 Å². The van der Waals surface area contributed by atoms with E-state index in [1.165, 1.54) is 12.5 Å². The summed E-state index contributed by atoms with van der Waals surface area (Å²) in [5, 5.41) is 2.07. The van der Waals surface area contributed by atoms with Gasteiger partial charge in [-0.25, -0.2) is 15.0 Å². The van der Waals surface area contributed by atoms with Gasteiger partial charge >= 0.3 is 0 Å². The van der Waals surface area contributed by atoms with E-state index in [4.69, 9.17) is 39.2 Å². The summed E-state index contributed by atoms with van der Waals surface area (Å²) in [6.07, 6.45) is 4.34. The number of rotatable bonds is 5. The van der Waals surface area contributed by atoms with Crippen molar-refractivity contribution in [3.05, 3.63) is 98.8 Å². The number of halogens is 3. The van der Waals surface area contributed by atoms with Crippen LogP contribution in [0, 0.1) is 6.92 Å². The van der Waals surface area contributed by atoms with Crippen LogP contribution < -0.4 is 0 Å². The molecule has 0 amide bonds. The third-order valence-electron chi connectivity index (χ3n) is 5.26. The minimum atomic E-state index is -0.371. The molecule has 3 heterocycles. The number of benzene rings is 2. The van der Waals surface area contributed by atoms with E-state index in [-0.39, 0.29) is 22.6 Å². The highest BCUT2D eigenvalue weighted by Crippen LogP contribution is 2.35. The number of oxazole rings is 1. The molecule has 0 aliphatic rings. The summed E-state index contributed by atoms with van der Waals surface area (Å²) in [6, 6.07) is 12.8. The van der Waals surface area contributed by atoms with Gasteiger partial charge in [-0.15, -0.1) is 0 Å². The van der Waals surface area contributed by atoms with Crippen molar-refractivity contribution in [2.75, 3.05) is 0 Å². The Kier molecular flexibility index (Phi) is 5.66. The van der Waals surface area contributed by atoms with E-state index >= 15 is 0 Å². The van der Waals surface area contributed by atoms with E-state index in [2.05, 4.69) is 15.0 Å². The first-order valence-corrected chi connectivity index (χ1v) is 11.0. The topological polar surface area (TPSA) is 73.8 Å². The van der Waals surface area contributed by atoms with Gasteiger partial charge in [0, 0.05) is 21.6 Å². The molecule has 0 saturated carbocycles. The van der Waals surface area contributed by atoms with Crippen molar-refractivity contribution in [2.24, 2.45) is 0 Å². The zero-order chi connectivity index (χ0) is 23.1. The molecule has 0 fully saturated rings. The van der Waals surface area contributed by atoms with Crippen molar-refractivity contribution in [3.63, 3.8) is 0 Å². The van der Waals surface area contributed by atoms with Crippen LogP contribution in [-0.2, 0) is 6.54 Å². The van der Waals surface area contributed by atoms with Crippen LogP contribution in [0.5, 0.6) is 0 Å². The van der Waals surface area contributed by atoms with E-state index in [0.717, 1.165) is 22.0 Å². The van der Waals surface area contributed by atoms with Crippen molar-refractivity contribution in [1.29, 1.82) is 0 Å².